The number of para-hydroxylation sites is 1. The molecule has 0 saturated carbocycles. The van der Waals surface area contributed by atoms with Crippen molar-refractivity contribution in [3.05, 3.63) is 28.8 Å². The second-order valence-corrected chi connectivity index (χ2v) is 4.31. The molecule has 0 atom stereocenters. The first-order valence-electron chi connectivity index (χ1n) is 5.62. The summed E-state index contributed by atoms with van der Waals surface area (Å²) in [5, 5.41) is 3.27. The van der Waals surface area contributed by atoms with Crippen LogP contribution in [0.3, 0.4) is 0 Å². The molecule has 18 heavy (non-hydrogen) atoms. The Bertz CT molecular complexity index is 393. The highest BCUT2D eigenvalue weighted by atomic mass is 35.5. The summed E-state index contributed by atoms with van der Waals surface area (Å²) in [7, 11) is 1.74. The first-order valence-corrected chi connectivity index (χ1v) is 6.00. The van der Waals surface area contributed by atoms with Gasteiger partial charge in [0.05, 0.1) is 10.7 Å². The molecule has 1 aromatic rings. The highest BCUT2D eigenvalue weighted by molar-refractivity contribution is 6.33. The van der Waals surface area contributed by atoms with Gasteiger partial charge in [0.2, 0.25) is 0 Å². The molecule has 1 rings (SSSR count). The molecule has 0 unspecified atom stereocenters. The van der Waals surface area contributed by atoms with Crippen LogP contribution in [0.1, 0.15) is 12.5 Å². The molecule has 0 fully saturated rings. The molecule has 0 saturated heterocycles. The summed E-state index contributed by atoms with van der Waals surface area (Å²) < 4.78 is 37.6. The minimum Gasteiger partial charge on any atom is -0.361 e. The van der Waals surface area contributed by atoms with Gasteiger partial charge in [0.1, 0.15) is 6.54 Å². The van der Waals surface area contributed by atoms with E-state index >= 15 is 0 Å². The van der Waals surface area contributed by atoms with Crippen molar-refractivity contribution in [3.63, 3.8) is 0 Å². The zero-order valence-electron chi connectivity index (χ0n) is 10.3. The number of rotatable bonds is 5. The fourth-order valence-corrected chi connectivity index (χ4v) is 2.13. The Balaban J connectivity index is 3.11. The molecule has 0 aliphatic carbocycles. The Labute approximate surface area is 110 Å². The average molecular weight is 281 g/mol. The molecule has 0 aromatic heterocycles. The zero-order chi connectivity index (χ0) is 13.8. The van der Waals surface area contributed by atoms with Crippen LogP contribution in [-0.4, -0.2) is 26.3 Å². The largest absolute Gasteiger partial charge is 0.405 e. The maximum atomic E-state index is 12.5. The average Bonchev–Trinajstić information content (AvgIpc) is 2.26. The van der Waals surface area contributed by atoms with E-state index in [4.69, 9.17) is 11.6 Å². The van der Waals surface area contributed by atoms with Crippen LogP contribution < -0.4 is 10.2 Å². The van der Waals surface area contributed by atoms with Crippen molar-refractivity contribution < 1.29 is 13.2 Å². The lowest BCUT2D eigenvalue weighted by atomic mass is 10.1. The number of anilines is 1. The smallest absolute Gasteiger partial charge is 0.361 e. The first-order chi connectivity index (χ1) is 8.39. The van der Waals surface area contributed by atoms with Gasteiger partial charge in [-0.25, -0.2) is 0 Å². The van der Waals surface area contributed by atoms with E-state index in [1.165, 1.54) is 4.90 Å². The second kappa shape index (κ2) is 6.29. The Kier molecular flexibility index (Phi) is 5.28. The Morgan fingerprint density at radius 2 is 2.00 bits per heavy atom. The van der Waals surface area contributed by atoms with Crippen LogP contribution in [0.15, 0.2) is 18.2 Å². The van der Waals surface area contributed by atoms with Crippen LogP contribution in [0.25, 0.3) is 0 Å². The Morgan fingerprint density at radius 3 is 2.50 bits per heavy atom. The van der Waals surface area contributed by atoms with Gasteiger partial charge in [-0.15, -0.1) is 0 Å². The molecular weight excluding hydrogens is 265 g/mol. The Hall–Kier alpha value is -0.940. The third-order valence-electron chi connectivity index (χ3n) is 2.51. The number of hydrogen-bond acceptors (Lipinski definition) is 2. The SMILES string of the molecule is CCN(CC(F)(F)F)c1c(Cl)cccc1CNC. The number of hydrogen-bond donors (Lipinski definition) is 1. The summed E-state index contributed by atoms with van der Waals surface area (Å²) in [5.74, 6) is 0. The zero-order valence-corrected chi connectivity index (χ0v) is 11.1. The predicted octanol–water partition coefficient (Wildman–Crippen LogP) is 3.45. The molecule has 0 spiro atoms. The quantitative estimate of drug-likeness (QED) is 0.889. The fourth-order valence-electron chi connectivity index (χ4n) is 1.81. The van der Waals surface area contributed by atoms with Crippen molar-refractivity contribution in [2.45, 2.75) is 19.6 Å². The van der Waals surface area contributed by atoms with Gasteiger partial charge >= 0.3 is 6.18 Å². The van der Waals surface area contributed by atoms with Crippen LogP contribution in [0.5, 0.6) is 0 Å². The molecule has 1 N–H and O–H groups in total. The summed E-state index contributed by atoms with van der Waals surface area (Å²) in [6, 6.07) is 5.12. The second-order valence-electron chi connectivity index (χ2n) is 3.91. The minimum absolute atomic E-state index is 0.250. The van der Waals surface area contributed by atoms with Gasteiger partial charge in [-0.3, -0.25) is 0 Å². The monoisotopic (exact) mass is 280 g/mol. The van der Waals surface area contributed by atoms with Crippen LogP contribution in [-0.2, 0) is 6.54 Å². The van der Waals surface area contributed by atoms with Gasteiger partial charge in [-0.05, 0) is 25.6 Å². The third kappa shape index (κ3) is 4.07. The molecule has 0 aliphatic heterocycles. The van der Waals surface area contributed by atoms with E-state index in [-0.39, 0.29) is 6.54 Å². The van der Waals surface area contributed by atoms with Crippen molar-refractivity contribution in [1.82, 2.24) is 5.32 Å². The summed E-state index contributed by atoms with van der Waals surface area (Å²) in [6.07, 6.45) is -4.24. The van der Waals surface area contributed by atoms with Gasteiger partial charge in [-0.1, -0.05) is 23.7 Å². The molecule has 1 aromatic carbocycles. The standard InChI is InChI=1S/C12H16ClF3N2/c1-3-18(8-12(14,15)16)11-9(7-17-2)5-4-6-10(11)13/h4-6,17H,3,7-8H2,1-2H3. The van der Waals surface area contributed by atoms with Crippen LogP contribution in [0.4, 0.5) is 18.9 Å². The van der Waals surface area contributed by atoms with Gasteiger partial charge in [0.25, 0.3) is 0 Å². The van der Waals surface area contributed by atoms with Crippen molar-refractivity contribution >= 4 is 17.3 Å². The van der Waals surface area contributed by atoms with E-state index in [9.17, 15) is 13.2 Å². The number of nitrogens with one attached hydrogen (secondary N) is 1. The van der Waals surface area contributed by atoms with E-state index < -0.39 is 12.7 Å². The molecule has 0 amide bonds. The topological polar surface area (TPSA) is 15.3 Å². The molecule has 102 valence electrons. The van der Waals surface area contributed by atoms with E-state index in [1.807, 2.05) is 0 Å². The lowest BCUT2D eigenvalue weighted by molar-refractivity contribution is -0.119. The van der Waals surface area contributed by atoms with Crippen LogP contribution >= 0.6 is 11.6 Å². The maximum Gasteiger partial charge on any atom is 0.405 e. The van der Waals surface area contributed by atoms with E-state index in [0.29, 0.717) is 17.3 Å². The van der Waals surface area contributed by atoms with Crippen molar-refractivity contribution in [2.24, 2.45) is 0 Å². The molecule has 0 bridgehead atoms. The van der Waals surface area contributed by atoms with Gasteiger partial charge in [0.15, 0.2) is 0 Å². The first kappa shape index (κ1) is 15.1. The lowest BCUT2D eigenvalue weighted by Crippen LogP contribution is -2.35. The van der Waals surface area contributed by atoms with Crippen LogP contribution in [0.2, 0.25) is 5.02 Å². The van der Waals surface area contributed by atoms with E-state index in [0.717, 1.165) is 5.56 Å². The lowest BCUT2D eigenvalue weighted by Gasteiger charge is -2.27. The number of benzene rings is 1. The molecular formula is C12H16ClF3N2. The number of nitrogens with zero attached hydrogens (tertiary/aromatic N) is 1. The minimum atomic E-state index is -4.24. The Morgan fingerprint density at radius 1 is 1.33 bits per heavy atom. The molecule has 0 aliphatic rings. The van der Waals surface area contributed by atoms with Gasteiger partial charge in [0, 0.05) is 13.1 Å². The van der Waals surface area contributed by atoms with Gasteiger partial charge in [-0.2, -0.15) is 13.2 Å². The molecule has 2 nitrogen and oxygen atoms in total. The maximum absolute atomic E-state index is 12.5. The fraction of sp³-hybridized carbons (Fsp3) is 0.500. The summed E-state index contributed by atoms with van der Waals surface area (Å²) in [4.78, 5) is 1.25. The number of alkyl halides is 3. The summed E-state index contributed by atoms with van der Waals surface area (Å²) in [5.41, 5.74) is 1.21. The van der Waals surface area contributed by atoms with Crippen LogP contribution in [0, 0.1) is 0 Å². The van der Waals surface area contributed by atoms with Gasteiger partial charge < -0.3 is 10.2 Å². The summed E-state index contributed by atoms with van der Waals surface area (Å²) >= 11 is 6.03. The normalized spacial score (nSPS) is 11.7. The van der Waals surface area contributed by atoms with E-state index in [2.05, 4.69) is 5.32 Å². The van der Waals surface area contributed by atoms with Crippen molar-refractivity contribution in [3.8, 4) is 0 Å². The molecule has 0 heterocycles. The van der Waals surface area contributed by atoms with Crippen molar-refractivity contribution in [2.75, 3.05) is 25.0 Å². The molecule has 0 radical (unpaired) electrons. The van der Waals surface area contributed by atoms with Crippen molar-refractivity contribution in [1.29, 1.82) is 0 Å². The molecule has 6 heteroatoms. The number of halogens is 4. The highest BCUT2D eigenvalue weighted by Crippen LogP contribution is 2.32. The van der Waals surface area contributed by atoms with E-state index in [1.54, 1.807) is 32.2 Å². The predicted molar refractivity (Wildman–Crippen MR) is 68.2 cm³/mol. The summed E-state index contributed by atoms with van der Waals surface area (Å²) in [6.45, 7) is 1.41. The third-order valence-corrected chi connectivity index (χ3v) is 2.81. The highest BCUT2D eigenvalue weighted by Gasteiger charge is 2.31.